The SMILES string of the molecule is COCC1CN(Cc2nc3ccccc3c(=O)n2C)CC(C)(C)O1. The van der Waals surface area contributed by atoms with Gasteiger partial charge in [0.1, 0.15) is 5.82 Å². The lowest BCUT2D eigenvalue weighted by Gasteiger charge is -2.42. The van der Waals surface area contributed by atoms with Crippen molar-refractivity contribution in [1.82, 2.24) is 14.5 Å². The number of ether oxygens (including phenoxy) is 2. The molecule has 0 aliphatic carbocycles. The molecule has 0 radical (unpaired) electrons. The molecular weight excluding hydrogens is 306 g/mol. The summed E-state index contributed by atoms with van der Waals surface area (Å²) in [4.78, 5) is 19.5. The molecule has 2 heterocycles. The normalized spacial score (nSPS) is 21.2. The fourth-order valence-electron chi connectivity index (χ4n) is 3.42. The van der Waals surface area contributed by atoms with Crippen LogP contribution in [0.4, 0.5) is 0 Å². The van der Waals surface area contributed by atoms with Crippen molar-refractivity contribution >= 4 is 10.9 Å². The summed E-state index contributed by atoms with van der Waals surface area (Å²) < 4.78 is 13.0. The number of rotatable bonds is 4. The van der Waals surface area contributed by atoms with Crippen molar-refractivity contribution in [3.63, 3.8) is 0 Å². The van der Waals surface area contributed by atoms with E-state index in [-0.39, 0.29) is 17.3 Å². The lowest BCUT2D eigenvalue weighted by Crippen LogP contribution is -2.53. The quantitative estimate of drug-likeness (QED) is 0.851. The minimum absolute atomic E-state index is 0.00318. The average Bonchev–Trinajstić information content (AvgIpc) is 2.51. The largest absolute Gasteiger partial charge is 0.382 e. The second-order valence-corrected chi connectivity index (χ2v) is 7.03. The van der Waals surface area contributed by atoms with E-state index in [1.807, 2.05) is 24.3 Å². The first kappa shape index (κ1) is 17.1. The van der Waals surface area contributed by atoms with Gasteiger partial charge in [-0.25, -0.2) is 4.98 Å². The topological polar surface area (TPSA) is 56.6 Å². The zero-order valence-corrected chi connectivity index (χ0v) is 14.8. The van der Waals surface area contributed by atoms with Gasteiger partial charge in [0.25, 0.3) is 5.56 Å². The molecule has 2 aromatic rings. The molecule has 0 saturated carbocycles. The molecule has 1 aromatic heterocycles. The van der Waals surface area contributed by atoms with Crippen LogP contribution in [-0.4, -0.2) is 53.0 Å². The number of hydrogen-bond acceptors (Lipinski definition) is 5. The Kier molecular flexibility index (Phi) is 4.71. The van der Waals surface area contributed by atoms with Crippen LogP contribution in [0.3, 0.4) is 0 Å². The molecule has 0 spiro atoms. The number of para-hydroxylation sites is 1. The fourth-order valence-corrected chi connectivity index (χ4v) is 3.42. The van der Waals surface area contributed by atoms with Crippen LogP contribution < -0.4 is 5.56 Å². The predicted octanol–water partition coefficient (Wildman–Crippen LogP) is 1.56. The van der Waals surface area contributed by atoms with E-state index in [1.165, 1.54) is 0 Å². The van der Waals surface area contributed by atoms with Crippen molar-refractivity contribution < 1.29 is 9.47 Å². The van der Waals surface area contributed by atoms with Crippen molar-refractivity contribution in [1.29, 1.82) is 0 Å². The third kappa shape index (κ3) is 3.50. The first-order valence-electron chi connectivity index (χ1n) is 8.23. The third-order valence-electron chi connectivity index (χ3n) is 4.35. The van der Waals surface area contributed by atoms with Gasteiger partial charge >= 0.3 is 0 Å². The molecule has 1 aromatic carbocycles. The molecule has 1 atom stereocenters. The van der Waals surface area contributed by atoms with E-state index in [2.05, 4.69) is 18.7 Å². The highest BCUT2D eigenvalue weighted by Gasteiger charge is 2.33. The number of fused-ring (bicyclic) bond motifs is 1. The van der Waals surface area contributed by atoms with E-state index < -0.39 is 0 Å². The molecule has 0 bridgehead atoms. The van der Waals surface area contributed by atoms with E-state index >= 15 is 0 Å². The highest BCUT2D eigenvalue weighted by Crippen LogP contribution is 2.22. The molecular formula is C18H25N3O3. The summed E-state index contributed by atoms with van der Waals surface area (Å²) in [6.45, 7) is 6.88. The maximum atomic E-state index is 12.5. The Balaban J connectivity index is 1.89. The van der Waals surface area contributed by atoms with Crippen molar-refractivity contribution in [2.45, 2.75) is 32.1 Å². The smallest absolute Gasteiger partial charge is 0.261 e. The Morgan fingerprint density at radius 2 is 2.12 bits per heavy atom. The van der Waals surface area contributed by atoms with Gasteiger partial charge < -0.3 is 9.47 Å². The Morgan fingerprint density at radius 1 is 1.38 bits per heavy atom. The van der Waals surface area contributed by atoms with Crippen LogP contribution in [0, 0.1) is 0 Å². The highest BCUT2D eigenvalue weighted by molar-refractivity contribution is 5.77. The van der Waals surface area contributed by atoms with Crippen molar-refractivity contribution in [2.24, 2.45) is 7.05 Å². The molecule has 0 amide bonds. The number of methoxy groups -OCH3 is 1. The summed E-state index contributed by atoms with van der Waals surface area (Å²) in [5, 5.41) is 0.656. The first-order chi connectivity index (χ1) is 11.4. The Morgan fingerprint density at radius 3 is 2.88 bits per heavy atom. The van der Waals surface area contributed by atoms with Crippen molar-refractivity contribution in [3.05, 3.63) is 40.4 Å². The molecule has 3 rings (SSSR count). The van der Waals surface area contributed by atoms with E-state index in [4.69, 9.17) is 14.5 Å². The summed E-state index contributed by atoms with van der Waals surface area (Å²) in [7, 11) is 3.47. The number of nitrogens with zero attached hydrogens (tertiary/aromatic N) is 3. The predicted molar refractivity (Wildman–Crippen MR) is 93.1 cm³/mol. The molecule has 130 valence electrons. The minimum Gasteiger partial charge on any atom is -0.382 e. The van der Waals surface area contributed by atoms with E-state index in [1.54, 1.807) is 18.7 Å². The van der Waals surface area contributed by atoms with Gasteiger partial charge in [-0.3, -0.25) is 14.3 Å². The molecule has 1 unspecified atom stereocenters. The summed E-state index contributed by atoms with van der Waals surface area (Å²) in [6.07, 6.45) is 0.0243. The molecule has 0 N–H and O–H groups in total. The van der Waals surface area contributed by atoms with Crippen molar-refractivity contribution in [2.75, 3.05) is 26.8 Å². The van der Waals surface area contributed by atoms with Crippen LogP contribution >= 0.6 is 0 Å². The zero-order chi connectivity index (χ0) is 17.3. The Bertz CT molecular complexity index is 785. The van der Waals surface area contributed by atoms with Crippen molar-refractivity contribution in [3.8, 4) is 0 Å². The van der Waals surface area contributed by atoms with Gasteiger partial charge in [0.15, 0.2) is 0 Å². The summed E-state index contributed by atoms with van der Waals surface area (Å²) in [6, 6.07) is 7.48. The summed E-state index contributed by atoms with van der Waals surface area (Å²) in [5.41, 5.74) is 0.491. The second kappa shape index (κ2) is 6.63. The van der Waals surface area contributed by atoms with Gasteiger partial charge in [-0.1, -0.05) is 12.1 Å². The van der Waals surface area contributed by atoms with Gasteiger partial charge in [-0.05, 0) is 26.0 Å². The fraction of sp³-hybridized carbons (Fsp3) is 0.556. The van der Waals surface area contributed by atoms with Crippen LogP contribution in [0.25, 0.3) is 10.9 Å². The van der Waals surface area contributed by atoms with E-state index in [0.717, 1.165) is 24.4 Å². The van der Waals surface area contributed by atoms with Crippen LogP contribution in [0.2, 0.25) is 0 Å². The monoisotopic (exact) mass is 331 g/mol. The maximum absolute atomic E-state index is 12.5. The van der Waals surface area contributed by atoms with Crippen LogP contribution in [0.15, 0.2) is 29.1 Å². The van der Waals surface area contributed by atoms with E-state index in [0.29, 0.717) is 18.5 Å². The number of aromatic nitrogens is 2. The van der Waals surface area contributed by atoms with E-state index in [9.17, 15) is 4.79 Å². The number of hydrogen-bond donors (Lipinski definition) is 0. The summed E-state index contributed by atoms with van der Waals surface area (Å²) in [5.74, 6) is 0.771. The molecule has 1 saturated heterocycles. The molecule has 1 aliphatic heterocycles. The Labute approximate surface area is 142 Å². The number of morpholine rings is 1. The molecule has 6 nitrogen and oxygen atoms in total. The standard InChI is InChI=1S/C18H25N3O3/c1-18(2)12-21(9-13(24-18)11-23-4)10-16-19-15-8-6-5-7-14(15)17(22)20(16)3/h5-8,13H,9-12H2,1-4H3. The zero-order valence-electron chi connectivity index (χ0n) is 14.8. The van der Waals surface area contributed by atoms with Gasteiger partial charge in [-0.2, -0.15) is 0 Å². The lowest BCUT2D eigenvalue weighted by molar-refractivity contribution is -0.154. The second-order valence-electron chi connectivity index (χ2n) is 7.03. The van der Waals surface area contributed by atoms with Gasteiger partial charge in [0, 0.05) is 27.2 Å². The minimum atomic E-state index is -0.253. The van der Waals surface area contributed by atoms with Gasteiger partial charge in [0.2, 0.25) is 0 Å². The average molecular weight is 331 g/mol. The molecule has 1 fully saturated rings. The highest BCUT2D eigenvalue weighted by atomic mass is 16.5. The molecule has 1 aliphatic rings. The van der Waals surface area contributed by atoms with Crippen LogP contribution in [0.1, 0.15) is 19.7 Å². The van der Waals surface area contributed by atoms with Crippen LogP contribution in [-0.2, 0) is 23.1 Å². The third-order valence-corrected chi connectivity index (χ3v) is 4.35. The van der Waals surface area contributed by atoms with Crippen LogP contribution in [0.5, 0.6) is 0 Å². The lowest BCUT2D eigenvalue weighted by atomic mass is 10.1. The summed E-state index contributed by atoms with van der Waals surface area (Å²) >= 11 is 0. The molecule has 6 heteroatoms. The maximum Gasteiger partial charge on any atom is 0.261 e. The van der Waals surface area contributed by atoms with Gasteiger partial charge in [0.05, 0.1) is 35.8 Å². The Hall–Kier alpha value is -1.76. The van der Waals surface area contributed by atoms with Gasteiger partial charge in [-0.15, -0.1) is 0 Å². The number of benzene rings is 1. The first-order valence-corrected chi connectivity index (χ1v) is 8.23. The molecule has 24 heavy (non-hydrogen) atoms.